The molecule has 0 aliphatic carbocycles. The Morgan fingerprint density at radius 3 is 2.43 bits per heavy atom. The Bertz CT molecular complexity index is 511. The molecule has 2 heterocycles. The van der Waals surface area contributed by atoms with E-state index >= 15 is 0 Å². The van der Waals surface area contributed by atoms with E-state index < -0.39 is 0 Å². The van der Waals surface area contributed by atoms with Gasteiger partial charge in [-0.2, -0.15) is 0 Å². The first-order valence-corrected chi connectivity index (χ1v) is 8.96. The lowest BCUT2D eigenvalue weighted by molar-refractivity contribution is -0.135. The quantitative estimate of drug-likeness (QED) is 0.844. The molecule has 0 radical (unpaired) electrons. The second-order valence-corrected chi connectivity index (χ2v) is 7.15. The SMILES string of the molecule is CC(c1ccc(Br)cc1)N1CCN(C(=O)C2CCCN2)CC1.Cl. The van der Waals surface area contributed by atoms with Gasteiger partial charge in [0.2, 0.25) is 5.91 Å². The number of hydrogen-bond donors (Lipinski definition) is 1. The van der Waals surface area contributed by atoms with Crippen molar-refractivity contribution in [2.45, 2.75) is 31.8 Å². The predicted octanol–water partition coefficient (Wildman–Crippen LogP) is 2.83. The van der Waals surface area contributed by atoms with Crippen LogP contribution in [0, 0.1) is 0 Å². The minimum Gasteiger partial charge on any atom is -0.339 e. The van der Waals surface area contributed by atoms with E-state index in [4.69, 9.17) is 0 Å². The van der Waals surface area contributed by atoms with E-state index in [0.717, 1.165) is 50.0 Å². The topological polar surface area (TPSA) is 35.6 Å². The summed E-state index contributed by atoms with van der Waals surface area (Å²) >= 11 is 3.48. The van der Waals surface area contributed by atoms with Gasteiger partial charge in [0.05, 0.1) is 6.04 Å². The number of benzene rings is 1. The first-order valence-electron chi connectivity index (χ1n) is 8.17. The van der Waals surface area contributed by atoms with Crippen LogP contribution in [0.15, 0.2) is 28.7 Å². The van der Waals surface area contributed by atoms with Gasteiger partial charge in [-0.3, -0.25) is 9.69 Å². The van der Waals surface area contributed by atoms with E-state index in [1.807, 2.05) is 4.90 Å². The number of nitrogens with zero attached hydrogens (tertiary/aromatic N) is 2. The summed E-state index contributed by atoms with van der Waals surface area (Å²) < 4.78 is 1.11. The molecule has 2 unspecified atom stereocenters. The van der Waals surface area contributed by atoms with E-state index in [1.165, 1.54) is 5.56 Å². The highest BCUT2D eigenvalue weighted by Gasteiger charge is 2.30. The van der Waals surface area contributed by atoms with Crippen molar-refractivity contribution in [3.63, 3.8) is 0 Å². The Morgan fingerprint density at radius 1 is 1.22 bits per heavy atom. The highest BCUT2D eigenvalue weighted by Crippen LogP contribution is 2.23. The average molecular weight is 403 g/mol. The van der Waals surface area contributed by atoms with Crippen molar-refractivity contribution in [1.82, 2.24) is 15.1 Å². The largest absolute Gasteiger partial charge is 0.339 e. The summed E-state index contributed by atoms with van der Waals surface area (Å²) in [5.41, 5.74) is 1.33. The second kappa shape index (κ2) is 8.47. The Balaban J connectivity index is 0.00000192. The molecule has 6 heteroatoms. The summed E-state index contributed by atoms with van der Waals surface area (Å²) in [4.78, 5) is 16.9. The lowest BCUT2D eigenvalue weighted by Gasteiger charge is -2.39. The fraction of sp³-hybridized carbons (Fsp3) is 0.588. The van der Waals surface area contributed by atoms with E-state index in [0.29, 0.717) is 11.9 Å². The van der Waals surface area contributed by atoms with Crippen LogP contribution in [0.1, 0.15) is 31.4 Å². The van der Waals surface area contributed by atoms with Crippen molar-refractivity contribution in [1.29, 1.82) is 0 Å². The van der Waals surface area contributed by atoms with Gasteiger partial charge in [0.1, 0.15) is 0 Å². The van der Waals surface area contributed by atoms with Crippen molar-refractivity contribution >= 4 is 34.2 Å². The summed E-state index contributed by atoms with van der Waals surface area (Å²) in [6.45, 7) is 6.83. The minimum absolute atomic E-state index is 0. The molecule has 2 atom stereocenters. The molecule has 0 aromatic heterocycles. The standard InChI is InChI=1S/C17H24BrN3O.ClH/c1-13(14-4-6-15(18)7-5-14)20-9-11-21(12-10-20)17(22)16-3-2-8-19-16;/h4-7,13,16,19H,2-3,8-12H2,1H3;1H. The van der Waals surface area contributed by atoms with Gasteiger partial charge in [-0.1, -0.05) is 28.1 Å². The van der Waals surface area contributed by atoms with Crippen LogP contribution in [-0.2, 0) is 4.79 Å². The molecule has 0 saturated carbocycles. The molecule has 128 valence electrons. The van der Waals surface area contributed by atoms with Gasteiger partial charge in [0.25, 0.3) is 0 Å². The van der Waals surface area contributed by atoms with Crippen LogP contribution < -0.4 is 5.32 Å². The molecule has 2 aliphatic rings. The lowest BCUT2D eigenvalue weighted by Crippen LogP contribution is -2.53. The molecular weight excluding hydrogens is 378 g/mol. The number of carbonyl (C=O) groups excluding carboxylic acids is 1. The Hall–Kier alpha value is -0.620. The first kappa shape index (κ1) is 18.7. The zero-order chi connectivity index (χ0) is 15.5. The van der Waals surface area contributed by atoms with Crippen LogP contribution >= 0.6 is 28.3 Å². The van der Waals surface area contributed by atoms with Crippen molar-refractivity contribution < 1.29 is 4.79 Å². The lowest BCUT2D eigenvalue weighted by atomic mass is 10.1. The molecule has 2 fully saturated rings. The Kier molecular flexibility index (Phi) is 6.89. The molecule has 1 aromatic rings. The van der Waals surface area contributed by atoms with E-state index in [9.17, 15) is 4.79 Å². The van der Waals surface area contributed by atoms with Gasteiger partial charge in [-0.05, 0) is 44.0 Å². The van der Waals surface area contributed by atoms with Crippen molar-refractivity contribution in [2.24, 2.45) is 0 Å². The van der Waals surface area contributed by atoms with E-state index in [-0.39, 0.29) is 18.4 Å². The third-order valence-electron chi connectivity index (χ3n) is 4.88. The van der Waals surface area contributed by atoms with Gasteiger partial charge in [0.15, 0.2) is 0 Å². The van der Waals surface area contributed by atoms with Crippen LogP contribution in [0.3, 0.4) is 0 Å². The summed E-state index contributed by atoms with van der Waals surface area (Å²) in [6, 6.07) is 9.00. The number of halogens is 2. The highest BCUT2D eigenvalue weighted by molar-refractivity contribution is 9.10. The summed E-state index contributed by atoms with van der Waals surface area (Å²) in [6.07, 6.45) is 2.12. The predicted molar refractivity (Wildman–Crippen MR) is 99.0 cm³/mol. The van der Waals surface area contributed by atoms with Crippen LogP contribution in [0.4, 0.5) is 0 Å². The van der Waals surface area contributed by atoms with Crippen molar-refractivity contribution in [3.05, 3.63) is 34.3 Å². The van der Waals surface area contributed by atoms with Gasteiger partial charge < -0.3 is 10.2 Å². The maximum Gasteiger partial charge on any atom is 0.239 e. The maximum atomic E-state index is 12.4. The van der Waals surface area contributed by atoms with Crippen LogP contribution in [0.2, 0.25) is 0 Å². The fourth-order valence-corrected chi connectivity index (χ4v) is 3.66. The number of amides is 1. The molecule has 4 nitrogen and oxygen atoms in total. The first-order chi connectivity index (χ1) is 10.6. The number of rotatable bonds is 3. The van der Waals surface area contributed by atoms with Crippen LogP contribution in [0.5, 0.6) is 0 Å². The molecule has 2 aliphatic heterocycles. The normalized spacial score (nSPS) is 23.4. The second-order valence-electron chi connectivity index (χ2n) is 6.24. The molecule has 0 spiro atoms. The van der Waals surface area contributed by atoms with Crippen molar-refractivity contribution in [2.75, 3.05) is 32.7 Å². The zero-order valence-electron chi connectivity index (χ0n) is 13.5. The minimum atomic E-state index is 0. The molecule has 1 amide bonds. The Morgan fingerprint density at radius 2 is 1.87 bits per heavy atom. The number of nitrogens with one attached hydrogen (secondary N) is 1. The van der Waals surface area contributed by atoms with Gasteiger partial charge >= 0.3 is 0 Å². The molecule has 23 heavy (non-hydrogen) atoms. The van der Waals surface area contributed by atoms with Crippen LogP contribution in [0.25, 0.3) is 0 Å². The monoisotopic (exact) mass is 401 g/mol. The Labute approximate surface area is 153 Å². The van der Waals surface area contributed by atoms with Gasteiger partial charge in [-0.25, -0.2) is 0 Å². The van der Waals surface area contributed by atoms with E-state index in [1.54, 1.807) is 0 Å². The smallest absolute Gasteiger partial charge is 0.239 e. The zero-order valence-corrected chi connectivity index (χ0v) is 15.9. The molecule has 2 saturated heterocycles. The molecular formula is C17H25BrClN3O. The number of hydrogen-bond acceptors (Lipinski definition) is 3. The fourth-order valence-electron chi connectivity index (χ4n) is 3.40. The van der Waals surface area contributed by atoms with Gasteiger partial charge in [0, 0.05) is 36.7 Å². The summed E-state index contributed by atoms with van der Waals surface area (Å²) in [7, 11) is 0. The third-order valence-corrected chi connectivity index (χ3v) is 5.41. The van der Waals surface area contributed by atoms with Crippen LogP contribution in [-0.4, -0.2) is 54.5 Å². The molecule has 3 rings (SSSR count). The highest BCUT2D eigenvalue weighted by atomic mass is 79.9. The third kappa shape index (κ3) is 4.47. The number of piperazine rings is 1. The number of carbonyl (C=O) groups is 1. The van der Waals surface area contributed by atoms with E-state index in [2.05, 4.69) is 57.3 Å². The maximum absolute atomic E-state index is 12.4. The molecule has 0 bridgehead atoms. The van der Waals surface area contributed by atoms with Gasteiger partial charge in [-0.15, -0.1) is 12.4 Å². The summed E-state index contributed by atoms with van der Waals surface area (Å²) in [5.74, 6) is 0.299. The average Bonchev–Trinajstić information content (AvgIpc) is 3.09. The summed E-state index contributed by atoms with van der Waals surface area (Å²) in [5, 5.41) is 3.31. The molecule has 1 aromatic carbocycles. The molecule has 1 N–H and O–H groups in total. The van der Waals surface area contributed by atoms with Crippen molar-refractivity contribution in [3.8, 4) is 0 Å².